The number of halogens is 2. The lowest BCUT2D eigenvalue weighted by Gasteiger charge is -2.29. The first-order chi connectivity index (χ1) is 8.31. The van der Waals surface area contributed by atoms with E-state index in [1.54, 1.807) is 0 Å². The van der Waals surface area contributed by atoms with Crippen molar-refractivity contribution in [2.75, 3.05) is 36.4 Å². The molecule has 1 fully saturated rings. The Kier molecular flexibility index (Phi) is 4.89. The van der Waals surface area contributed by atoms with Gasteiger partial charge in [0.15, 0.2) is 0 Å². The highest BCUT2D eigenvalue weighted by Crippen LogP contribution is 2.23. The molecule has 1 aromatic rings. The second kappa shape index (κ2) is 6.43. The summed E-state index contributed by atoms with van der Waals surface area (Å²) in [4.78, 5) is 2.39. The smallest absolute Gasteiger partial charge is 0.0446 e. The molecule has 2 rings (SSSR count). The van der Waals surface area contributed by atoms with Crippen molar-refractivity contribution in [1.82, 2.24) is 5.32 Å². The van der Waals surface area contributed by atoms with Gasteiger partial charge in [-0.2, -0.15) is 0 Å². The number of rotatable bonds is 3. The quantitative estimate of drug-likeness (QED) is 0.862. The average Bonchev–Trinajstić information content (AvgIpc) is 2.40. The summed E-state index contributed by atoms with van der Waals surface area (Å²) in [5, 5.41) is 4.94. The maximum atomic E-state index is 6.15. The minimum atomic E-state index is 0.783. The Labute approximate surface area is 116 Å². The molecule has 0 radical (unpaired) electrons. The Morgan fingerprint density at radius 1 is 1.29 bits per heavy atom. The minimum absolute atomic E-state index is 0.783. The molecule has 4 heteroatoms. The largest absolute Gasteiger partial charge is 0.369 e. The highest BCUT2D eigenvalue weighted by Gasteiger charge is 2.10. The molecule has 1 heterocycles. The van der Waals surface area contributed by atoms with Crippen LogP contribution in [-0.2, 0) is 0 Å². The highest BCUT2D eigenvalue weighted by atomic mass is 79.9. The zero-order valence-corrected chi connectivity index (χ0v) is 12.0. The van der Waals surface area contributed by atoms with E-state index in [9.17, 15) is 0 Å². The lowest BCUT2D eigenvalue weighted by molar-refractivity contribution is 0.589. The molecule has 0 amide bonds. The first kappa shape index (κ1) is 12.9. The first-order valence-corrected chi connectivity index (χ1v) is 7.29. The number of alkyl halides is 1. The zero-order valence-electron chi connectivity index (χ0n) is 9.63. The second-order valence-corrected chi connectivity index (χ2v) is 5.04. The van der Waals surface area contributed by atoms with Crippen LogP contribution in [0.4, 0.5) is 5.69 Å². The van der Waals surface area contributed by atoms with Gasteiger partial charge < -0.3 is 10.2 Å². The van der Waals surface area contributed by atoms with Gasteiger partial charge in [-0.05, 0) is 17.7 Å². The molecule has 2 nitrogen and oxygen atoms in total. The maximum Gasteiger partial charge on any atom is 0.0446 e. The summed E-state index contributed by atoms with van der Waals surface area (Å²) >= 11 is 9.50. The van der Waals surface area contributed by atoms with Gasteiger partial charge in [0, 0.05) is 42.2 Å². The molecule has 0 spiro atoms. The predicted molar refractivity (Wildman–Crippen MR) is 79.1 cm³/mol. The fourth-order valence-electron chi connectivity index (χ4n) is 1.94. The van der Waals surface area contributed by atoms with Gasteiger partial charge >= 0.3 is 0 Å². The van der Waals surface area contributed by atoms with Gasteiger partial charge in [0.1, 0.15) is 0 Å². The number of nitrogens with one attached hydrogen (secondary N) is 1. The molecule has 0 atom stereocenters. The molecule has 17 heavy (non-hydrogen) atoms. The third-order valence-electron chi connectivity index (χ3n) is 2.88. The second-order valence-electron chi connectivity index (χ2n) is 3.99. The summed E-state index contributed by atoms with van der Waals surface area (Å²) in [6.07, 6.45) is 1.96. The van der Waals surface area contributed by atoms with Crippen molar-refractivity contribution in [2.24, 2.45) is 0 Å². The molecule has 92 valence electrons. The van der Waals surface area contributed by atoms with Crippen molar-refractivity contribution >= 4 is 38.3 Å². The molecule has 1 N–H and O–H groups in total. The standard InChI is InChI=1S/C13H16BrClN2/c14-6-5-13(15)11-1-3-12(4-2-11)17-9-7-16-8-10-17/h1-5,16H,6-10H2/b13-5-. The SMILES string of the molecule is Cl/C(=C\CBr)c1ccc(N2CCNCC2)cc1. The van der Waals surface area contributed by atoms with Crippen LogP contribution in [0.2, 0.25) is 0 Å². The van der Waals surface area contributed by atoms with Crippen molar-refractivity contribution < 1.29 is 0 Å². The van der Waals surface area contributed by atoms with Crippen LogP contribution in [0.25, 0.3) is 5.03 Å². The zero-order chi connectivity index (χ0) is 12.1. The number of hydrogen-bond acceptors (Lipinski definition) is 2. The van der Waals surface area contributed by atoms with Crippen LogP contribution >= 0.6 is 27.5 Å². The predicted octanol–water partition coefficient (Wildman–Crippen LogP) is 3.07. The molecule has 0 aromatic heterocycles. The van der Waals surface area contributed by atoms with E-state index in [0.717, 1.165) is 42.1 Å². The van der Waals surface area contributed by atoms with E-state index in [1.165, 1.54) is 5.69 Å². The van der Waals surface area contributed by atoms with Gasteiger partial charge in [-0.1, -0.05) is 45.7 Å². The molecule has 1 aliphatic heterocycles. The number of anilines is 1. The Balaban J connectivity index is 2.09. The van der Waals surface area contributed by atoms with Crippen LogP contribution in [0.1, 0.15) is 5.56 Å². The molecule has 0 saturated carbocycles. The van der Waals surface area contributed by atoms with Gasteiger partial charge in [0.05, 0.1) is 0 Å². The van der Waals surface area contributed by atoms with Crippen LogP contribution in [-0.4, -0.2) is 31.5 Å². The average molecular weight is 316 g/mol. The fourth-order valence-corrected chi connectivity index (χ4v) is 2.65. The molecule has 1 aromatic carbocycles. The van der Waals surface area contributed by atoms with Crippen LogP contribution in [0, 0.1) is 0 Å². The molecule has 0 unspecified atom stereocenters. The van der Waals surface area contributed by atoms with Crippen LogP contribution in [0.3, 0.4) is 0 Å². The van der Waals surface area contributed by atoms with Crippen LogP contribution < -0.4 is 10.2 Å². The number of nitrogens with zero attached hydrogens (tertiary/aromatic N) is 1. The van der Waals surface area contributed by atoms with Crippen molar-refractivity contribution in [2.45, 2.75) is 0 Å². The topological polar surface area (TPSA) is 15.3 Å². The van der Waals surface area contributed by atoms with E-state index in [4.69, 9.17) is 11.6 Å². The highest BCUT2D eigenvalue weighted by molar-refractivity contribution is 9.09. The third kappa shape index (κ3) is 3.47. The molecule has 0 bridgehead atoms. The van der Waals surface area contributed by atoms with Crippen molar-refractivity contribution in [3.05, 3.63) is 35.9 Å². The monoisotopic (exact) mass is 314 g/mol. The Morgan fingerprint density at radius 2 is 1.94 bits per heavy atom. The summed E-state index contributed by atoms with van der Waals surface area (Å²) in [6.45, 7) is 4.27. The van der Waals surface area contributed by atoms with E-state index in [-0.39, 0.29) is 0 Å². The Morgan fingerprint density at radius 3 is 2.53 bits per heavy atom. The van der Waals surface area contributed by atoms with Gasteiger partial charge in [0.25, 0.3) is 0 Å². The summed E-state index contributed by atoms with van der Waals surface area (Å²) in [5.41, 5.74) is 2.35. The third-order valence-corrected chi connectivity index (χ3v) is 3.58. The van der Waals surface area contributed by atoms with Gasteiger partial charge in [-0.15, -0.1) is 0 Å². The van der Waals surface area contributed by atoms with E-state index in [2.05, 4.69) is 50.4 Å². The first-order valence-electron chi connectivity index (χ1n) is 5.79. The van der Waals surface area contributed by atoms with E-state index >= 15 is 0 Å². The van der Waals surface area contributed by atoms with Gasteiger partial charge in [-0.3, -0.25) is 0 Å². The molecule has 1 aliphatic rings. The summed E-state index contributed by atoms with van der Waals surface area (Å²) in [7, 11) is 0. The lowest BCUT2D eigenvalue weighted by Crippen LogP contribution is -2.43. The normalized spacial score (nSPS) is 17.3. The van der Waals surface area contributed by atoms with Crippen LogP contribution in [0.15, 0.2) is 30.3 Å². The Bertz CT molecular complexity index is 383. The summed E-state index contributed by atoms with van der Waals surface area (Å²) in [5.74, 6) is 0. The maximum absolute atomic E-state index is 6.15. The molecular weight excluding hydrogens is 300 g/mol. The number of benzene rings is 1. The molecule has 1 saturated heterocycles. The molecular formula is C13H16BrClN2. The Hall–Kier alpha value is -0.510. The van der Waals surface area contributed by atoms with E-state index in [0.29, 0.717) is 0 Å². The fraction of sp³-hybridized carbons (Fsp3) is 0.385. The van der Waals surface area contributed by atoms with Crippen molar-refractivity contribution in [3.63, 3.8) is 0 Å². The van der Waals surface area contributed by atoms with Crippen molar-refractivity contribution in [1.29, 1.82) is 0 Å². The summed E-state index contributed by atoms with van der Waals surface area (Å²) < 4.78 is 0. The summed E-state index contributed by atoms with van der Waals surface area (Å²) in [6, 6.07) is 8.45. The number of allylic oxidation sites excluding steroid dienone is 1. The van der Waals surface area contributed by atoms with Crippen LogP contribution in [0.5, 0.6) is 0 Å². The van der Waals surface area contributed by atoms with Crippen molar-refractivity contribution in [3.8, 4) is 0 Å². The van der Waals surface area contributed by atoms with Gasteiger partial charge in [0.2, 0.25) is 0 Å². The molecule has 0 aliphatic carbocycles. The minimum Gasteiger partial charge on any atom is -0.369 e. The van der Waals surface area contributed by atoms with E-state index < -0.39 is 0 Å². The number of piperazine rings is 1. The van der Waals surface area contributed by atoms with Gasteiger partial charge in [-0.25, -0.2) is 0 Å². The number of hydrogen-bond donors (Lipinski definition) is 1. The van der Waals surface area contributed by atoms with E-state index in [1.807, 2.05) is 6.08 Å². The lowest BCUT2D eigenvalue weighted by atomic mass is 10.1.